The van der Waals surface area contributed by atoms with Crippen molar-refractivity contribution in [3.8, 4) is 0 Å². The van der Waals surface area contributed by atoms with E-state index in [1.165, 1.54) is 20.0 Å². The van der Waals surface area contributed by atoms with Crippen molar-refractivity contribution in [2.75, 3.05) is 26.7 Å². The highest BCUT2D eigenvalue weighted by molar-refractivity contribution is 5.85. The third-order valence-corrected chi connectivity index (χ3v) is 5.04. The molecule has 1 heterocycles. The maximum absolute atomic E-state index is 12.6. The summed E-state index contributed by atoms with van der Waals surface area (Å²) in [6, 6.07) is -0.226. The molecule has 2 unspecified atom stereocenters. The lowest BCUT2D eigenvalue weighted by Crippen LogP contribution is -2.53. The number of likely N-dealkylation sites (tertiary alicyclic amines) is 1. The Bertz CT molecular complexity index is 418. The number of methoxy groups -OCH3 is 1. The highest BCUT2D eigenvalue weighted by Crippen LogP contribution is 2.21. The number of rotatable bonds is 8. The zero-order valence-corrected chi connectivity index (χ0v) is 16.8. The normalized spacial score (nSPS) is 18.9. The summed E-state index contributed by atoms with van der Waals surface area (Å²) in [6.45, 7) is 13.6. The number of hydrogen-bond donors (Lipinski definition) is 2. The molecule has 0 aromatic heterocycles. The Kier molecular flexibility index (Phi) is 9.25. The smallest absolute Gasteiger partial charge is 0.407 e. The van der Waals surface area contributed by atoms with Crippen LogP contribution in [-0.4, -0.2) is 55.7 Å². The second-order valence-electron chi connectivity index (χ2n) is 8.09. The van der Waals surface area contributed by atoms with Crippen molar-refractivity contribution in [1.82, 2.24) is 15.5 Å². The average Bonchev–Trinajstić information content (AvgIpc) is 2.54. The lowest BCUT2D eigenvalue weighted by Gasteiger charge is -2.39. The van der Waals surface area contributed by atoms with E-state index in [0.29, 0.717) is 30.8 Å². The fraction of sp³-hybridized carbons (Fsp3) is 0.895. The minimum atomic E-state index is -0.564. The second-order valence-corrected chi connectivity index (χ2v) is 8.09. The number of nitrogens with zero attached hydrogens (tertiary/aromatic N) is 1. The van der Waals surface area contributed by atoms with Crippen molar-refractivity contribution in [1.29, 1.82) is 0 Å². The molecular weight excluding hydrogens is 318 g/mol. The average molecular weight is 356 g/mol. The molecule has 1 saturated heterocycles. The molecule has 0 saturated carbocycles. The number of carbonyl (C=O) groups excluding carboxylic acids is 2. The fourth-order valence-electron chi connectivity index (χ4n) is 3.38. The third kappa shape index (κ3) is 7.63. The van der Waals surface area contributed by atoms with Gasteiger partial charge in [-0.25, -0.2) is 4.79 Å². The van der Waals surface area contributed by atoms with E-state index in [-0.39, 0.29) is 5.91 Å². The molecule has 146 valence electrons. The van der Waals surface area contributed by atoms with E-state index in [0.717, 1.165) is 19.0 Å². The quantitative estimate of drug-likeness (QED) is 0.702. The van der Waals surface area contributed by atoms with Crippen LogP contribution in [0.2, 0.25) is 0 Å². The molecule has 6 heteroatoms. The van der Waals surface area contributed by atoms with Crippen LogP contribution in [0, 0.1) is 17.8 Å². The minimum absolute atomic E-state index is 0.130. The first-order valence-corrected chi connectivity index (χ1v) is 9.60. The molecule has 2 N–H and O–H groups in total. The minimum Gasteiger partial charge on any atom is -0.453 e. The standard InChI is InChI=1S/C19H37N3O3/c1-13(2)11-16(21-19(24)25-6)18(23)20-12-17(14(3)4)22-9-7-15(5)8-10-22/h13-17H,7-12H2,1-6H3,(H,20,23)(H,21,24). The van der Waals surface area contributed by atoms with Gasteiger partial charge in [0.15, 0.2) is 0 Å². The molecule has 0 spiro atoms. The number of hydrogen-bond acceptors (Lipinski definition) is 4. The van der Waals surface area contributed by atoms with Crippen LogP contribution >= 0.6 is 0 Å². The van der Waals surface area contributed by atoms with Gasteiger partial charge in [-0.1, -0.05) is 34.6 Å². The zero-order valence-electron chi connectivity index (χ0n) is 16.8. The topological polar surface area (TPSA) is 70.7 Å². The molecule has 1 aliphatic heterocycles. The van der Waals surface area contributed by atoms with Crippen molar-refractivity contribution in [2.24, 2.45) is 17.8 Å². The first kappa shape index (κ1) is 21.7. The van der Waals surface area contributed by atoms with E-state index in [9.17, 15) is 9.59 Å². The summed E-state index contributed by atoms with van der Waals surface area (Å²) in [5.41, 5.74) is 0. The van der Waals surface area contributed by atoms with Crippen LogP contribution in [0.3, 0.4) is 0 Å². The van der Waals surface area contributed by atoms with E-state index in [1.807, 2.05) is 13.8 Å². The van der Waals surface area contributed by atoms with Crippen LogP contribution in [0.5, 0.6) is 0 Å². The molecule has 1 aliphatic rings. The maximum atomic E-state index is 12.6. The zero-order chi connectivity index (χ0) is 19.0. The largest absolute Gasteiger partial charge is 0.453 e. The van der Waals surface area contributed by atoms with Crippen molar-refractivity contribution in [3.05, 3.63) is 0 Å². The highest BCUT2D eigenvalue weighted by Gasteiger charge is 2.28. The molecule has 1 rings (SSSR count). The Balaban J connectivity index is 2.62. The second kappa shape index (κ2) is 10.6. The summed E-state index contributed by atoms with van der Waals surface area (Å²) in [5, 5.41) is 5.71. The molecule has 2 amide bonds. The predicted octanol–water partition coefficient (Wildman–Crippen LogP) is 2.63. The summed E-state index contributed by atoms with van der Waals surface area (Å²) >= 11 is 0. The van der Waals surface area contributed by atoms with Crippen molar-refractivity contribution in [2.45, 2.75) is 66.0 Å². The number of amides is 2. The molecular formula is C19H37N3O3. The maximum Gasteiger partial charge on any atom is 0.407 e. The Morgan fingerprint density at radius 3 is 2.24 bits per heavy atom. The third-order valence-electron chi connectivity index (χ3n) is 5.04. The van der Waals surface area contributed by atoms with E-state index in [1.54, 1.807) is 0 Å². The highest BCUT2D eigenvalue weighted by atomic mass is 16.5. The first-order chi connectivity index (χ1) is 11.7. The fourth-order valence-corrected chi connectivity index (χ4v) is 3.38. The predicted molar refractivity (Wildman–Crippen MR) is 100 cm³/mol. The monoisotopic (exact) mass is 355 g/mol. The summed E-state index contributed by atoms with van der Waals surface area (Å²) in [7, 11) is 1.31. The Hall–Kier alpha value is -1.30. The number of nitrogens with one attached hydrogen (secondary N) is 2. The van der Waals surface area contributed by atoms with Crippen molar-refractivity contribution in [3.63, 3.8) is 0 Å². The number of ether oxygens (including phenoxy) is 1. The summed E-state index contributed by atoms with van der Waals surface area (Å²) < 4.78 is 4.64. The number of alkyl carbamates (subject to hydrolysis) is 1. The Morgan fingerprint density at radius 1 is 1.16 bits per heavy atom. The molecule has 0 bridgehead atoms. The van der Waals surface area contributed by atoms with E-state index in [2.05, 4.69) is 41.0 Å². The molecule has 0 aliphatic carbocycles. The Labute approximate surface area is 153 Å². The van der Waals surface area contributed by atoms with Crippen LogP contribution in [-0.2, 0) is 9.53 Å². The van der Waals surface area contributed by atoms with Gasteiger partial charge in [0.05, 0.1) is 7.11 Å². The summed E-state index contributed by atoms with van der Waals surface area (Å²) in [6.07, 6.45) is 2.47. The van der Waals surface area contributed by atoms with Crippen LogP contribution in [0.4, 0.5) is 4.79 Å². The van der Waals surface area contributed by atoms with Gasteiger partial charge in [-0.05, 0) is 50.1 Å². The molecule has 0 aromatic rings. The van der Waals surface area contributed by atoms with Gasteiger partial charge in [0.25, 0.3) is 0 Å². The van der Waals surface area contributed by atoms with Crippen molar-refractivity contribution < 1.29 is 14.3 Å². The SMILES string of the molecule is COC(=O)NC(CC(C)C)C(=O)NCC(C(C)C)N1CCC(C)CC1. The van der Waals surface area contributed by atoms with Gasteiger partial charge < -0.3 is 15.4 Å². The van der Waals surface area contributed by atoms with Crippen LogP contribution < -0.4 is 10.6 Å². The van der Waals surface area contributed by atoms with E-state index >= 15 is 0 Å². The lowest BCUT2D eigenvalue weighted by atomic mass is 9.94. The molecule has 2 atom stereocenters. The van der Waals surface area contributed by atoms with Gasteiger partial charge in [0, 0.05) is 12.6 Å². The molecule has 1 fully saturated rings. The van der Waals surface area contributed by atoms with Gasteiger partial charge in [-0.15, -0.1) is 0 Å². The van der Waals surface area contributed by atoms with E-state index < -0.39 is 12.1 Å². The summed E-state index contributed by atoms with van der Waals surface area (Å²) in [5.74, 6) is 1.43. The summed E-state index contributed by atoms with van der Waals surface area (Å²) in [4.78, 5) is 26.6. The molecule has 0 aromatic carbocycles. The van der Waals surface area contributed by atoms with Gasteiger partial charge in [-0.2, -0.15) is 0 Å². The number of piperidine rings is 1. The van der Waals surface area contributed by atoms with Crippen LogP contribution in [0.25, 0.3) is 0 Å². The van der Waals surface area contributed by atoms with Crippen molar-refractivity contribution >= 4 is 12.0 Å². The van der Waals surface area contributed by atoms with Crippen LogP contribution in [0.1, 0.15) is 53.9 Å². The van der Waals surface area contributed by atoms with Gasteiger partial charge in [0.2, 0.25) is 5.91 Å². The van der Waals surface area contributed by atoms with Crippen LogP contribution in [0.15, 0.2) is 0 Å². The van der Waals surface area contributed by atoms with Gasteiger partial charge in [-0.3, -0.25) is 9.69 Å². The lowest BCUT2D eigenvalue weighted by molar-refractivity contribution is -0.123. The van der Waals surface area contributed by atoms with Gasteiger partial charge >= 0.3 is 6.09 Å². The number of carbonyl (C=O) groups is 2. The molecule has 0 radical (unpaired) electrons. The Morgan fingerprint density at radius 2 is 1.76 bits per heavy atom. The van der Waals surface area contributed by atoms with E-state index in [4.69, 9.17) is 0 Å². The first-order valence-electron chi connectivity index (χ1n) is 9.60. The van der Waals surface area contributed by atoms with Gasteiger partial charge in [0.1, 0.15) is 6.04 Å². The molecule has 6 nitrogen and oxygen atoms in total. The molecule has 25 heavy (non-hydrogen) atoms.